The normalized spacial score (nSPS) is 15.5. The van der Waals surface area contributed by atoms with Gasteiger partial charge in [0.25, 0.3) is 0 Å². The number of imide groups is 1. The minimum atomic E-state index is -0.545. The van der Waals surface area contributed by atoms with E-state index in [1.807, 2.05) is 13.8 Å². The molecule has 0 bridgehead atoms. The summed E-state index contributed by atoms with van der Waals surface area (Å²) in [6.07, 6.45) is 7.42. The van der Waals surface area contributed by atoms with Crippen LogP contribution in [0.5, 0.6) is 0 Å². The first-order chi connectivity index (χ1) is 10.2. The van der Waals surface area contributed by atoms with Crippen LogP contribution in [0, 0.1) is 0 Å². The molecule has 0 heterocycles. The zero-order valence-corrected chi connectivity index (χ0v) is 13.4. The molecule has 0 atom stereocenters. The summed E-state index contributed by atoms with van der Waals surface area (Å²) < 4.78 is 10.4. The molecule has 0 saturated heterocycles. The molecule has 0 aliphatic heterocycles. The lowest BCUT2D eigenvalue weighted by atomic mass is 9.95. The van der Waals surface area contributed by atoms with Crippen molar-refractivity contribution in [2.45, 2.75) is 77.7 Å². The highest BCUT2D eigenvalue weighted by Gasteiger charge is 2.33. The molecule has 21 heavy (non-hydrogen) atoms. The molecule has 1 saturated carbocycles. The molecule has 0 aromatic carbocycles. The number of carbonyl (C=O) groups excluding carboxylic acids is 2. The van der Waals surface area contributed by atoms with Crippen molar-refractivity contribution >= 4 is 12.2 Å². The molecule has 1 rings (SSSR count). The quantitative estimate of drug-likeness (QED) is 0.650. The average molecular weight is 299 g/mol. The van der Waals surface area contributed by atoms with Gasteiger partial charge in [0.1, 0.15) is 0 Å². The lowest BCUT2D eigenvalue weighted by molar-refractivity contribution is 0.0550. The summed E-state index contributed by atoms with van der Waals surface area (Å²) in [5.41, 5.74) is 0. The van der Waals surface area contributed by atoms with Crippen LogP contribution in [0.2, 0.25) is 0 Å². The largest absolute Gasteiger partial charge is 0.449 e. The maximum atomic E-state index is 12.2. The molecule has 0 spiro atoms. The van der Waals surface area contributed by atoms with Crippen molar-refractivity contribution in [3.63, 3.8) is 0 Å². The molecule has 1 fully saturated rings. The predicted octanol–water partition coefficient (Wildman–Crippen LogP) is 4.49. The first-order valence-electron chi connectivity index (χ1n) is 8.33. The summed E-state index contributed by atoms with van der Waals surface area (Å²) in [5, 5.41) is 0. The van der Waals surface area contributed by atoms with Crippen LogP contribution in [-0.4, -0.2) is 36.3 Å². The van der Waals surface area contributed by atoms with Crippen LogP contribution >= 0.6 is 0 Å². The van der Waals surface area contributed by atoms with Gasteiger partial charge in [0, 0.05) is 6.04 Å². The number of carbonyl (C=O) groups is 2. The van der Waals surface area contributed by atoms with Crippen molar-refractivity contribution in [1.82, 2.24) is 4.90 Å². The van der Waals surface area contributed by atoms with Gasteiger partial charge >= 0.3 is 12.2 Å². The van der Waals surface area contributed by atoms with E-state index in [2.05, 4.69) is 0 Å². The van der Waals surface area contributed by atoms with Crippen LogP contribution in [0.3, 0.4) is 0 Å². The average Bonchev–Trinajstić information content (AvgIpc) is 2.49. The van der Waals surface area contributed by atoms with Crippen LogP contribution < -0.4 is 0 Å². The second kappa shape index (κ2) is 10.5. The Morgan fingerprint density at radius 3 is 1.81 bits per heavy atom. The van der Waals surface area contributed by atoms with Crippen molar-refractivity contribution in [2.24, 2.45) is 0 Å². The van der Waals surface area contributed by atoms with Gasteiger partial charge in [-0.25, -0.2) is 14.5 Å². The van der Waals surface area contributed by atoms with Crippen LogP contribution in [0.15, 0.2) is 0 Å². The van der Waals surface area contributed by atoms with Crippen LogP contribution in [0.25, 0.3) is 0 Å². The van der Waals surface area contributed by atoms with Gasteiger partial charge < -0.3 is 9.47 Å². The molecule has 5 nitrogen and oxygen atoms in total. The second-order valence-electron chi connectivity index (χ2n) is 5.60. The molecule has 0 N–H and O–H groups in total. The summed E-state index contributed by atoms with van der Waals surface area (Å²) in [6.45, 7) is 4.79. The van der Waals surface area contributed by atoms with E-state index in [0.29, 0.717) is 13.2 Å². The maximum absolute atomic E-state index is 12.2. The highest BCUT2D eigenvalue weighted by molar-refractivity contribution is 5.88. The van der Waals surface area contributed by atoms with Crippen molar-refractivity contribution in [3.05, 3.63) is 0 Å². The Morgan fingerprint density at radius 2 is 1.38 bits per heavy atom. The van der Waals surface area contributed by atoms with Gasteiger partial charge in [0.2, 0.25) is 0 Å². The number of rotatable bonds is 7. The van der Waals surface area contributed by atoms with E-state index < -0.39 is 12.2 Å². The van der Waals surface area contributed by atoms with Gasteiger partial charge in [-0.05, 0) is 25.7 Å². The molecule has 0 aromatic heterocycles. The molecule has 1 aliphatic rings. The molecule has 122 valence electrons. The Labute approximate surface area is 128 Å². The SMILES string of the molecule is CCCCOC(=O)N(C(=O)OCCCC)C1CCCCC1. The summed E-state index contributed by atoms with van der Waals surface area (Å²) >= 11 is 0. The van der Waals surface area contributed by atoms with Crippen molar-refractivity contribution in [3.8, 4) is 0 Å². The molecule has 0 aromatic rings. The third-order valence-corrected chi connectivity index (χ3v) is 3.78. The van der Waals surface area contributed by atoms with Gasteiger partial charge in [-0.15, -0.1) is 0 Å². The molecular formula is C16H29NO4. The van der Waals surface area contributed by atoms with E-state index in [9.17, 15) is 9.59 Å². The fraction of sp³-hybridized carbons (Fsp3) is 0.875. The van der Waals surface area contributed by atoms with Gasteiger partial charge in [-0.2, -0.15) is 0 Å². The monoisotopic (exact) mass is 299 g/mol. The smallest absolute Gasteiger partial charge is 0.419 e. The van der Waals surface area contributed by atoms with Crippen LogP contribution in [0.1, 0.15) is 71.6 Å². The summed E-state index contributed by atoms with van der Waals surface area (Å²) in [7, 11) is 0. The number of amides is 2. The minimum absolute atomic E-state index is 0.0676. The predicted molar refractivity (Wildman–Crippen MR) is 81.2 cm³/mol. The molecule has 0 unspecified atom stereocenters. The topological polar surface area (TPSA) is 55.8 Å². The summed E-state index contributed by atoms with van der Waals surface area (Å²) in [4.78, 5) is 25.6. The third-order valence-electron chi connectivity index (χ3n) is 3.78. The summed E-state index contributed by atoms with van der Waals surface area (Å²) in [5.74, 6) is 0. The van der Waals surface area contributed by atoms with Gasteiger partial charge in [0.15, 0.2) is 0 Å². The number of hydrogen-bond acceptors (Lipinski definition) is 4. The molecular weight excluding hydrogens is 270 g/mol. The van der Waals surface area contributed by atoms with E-state index in [1.165, 1.54) is 11.3 Å². The molecule has 2 amide bonds. The molecule has 5 heteroatoms. The lowest BCUT2D eigenvalue weighted by Gasteiger charge is -2.31. The fourth-order valence-corrected chi connectivity index (χ4v) is 2.46. The van der Waals surface area contributed by atoms with Crippen molar-refractivity contribution in [2.75, 3.05) is 13.2 Å². The standard InChI is InChI=1S/C16H29NO4/c1-3-5-12-20-15(18)17(14-10-8-7-9-11-14)16(19)21-13-6-4-2/h14H,3-13H2,1-2H3. The van der Waals surface area contributed by atoms with E-state index in [-0.39, 0.29) is 6.04 Å². The first-order valence-corrected chi connectivity index (χ1v) is 8.33. The second-order valence-corrected chi connectivity index (χ2v) is 5.60. The van der Waals surface area contributed by atoms with E-state index >= 15 is 0 Å². The van der Waals surface area contributed by atoms with Gasteiger partial charge in [-0.1, -0.05) is 46.0 Å². The lowest BCUT2D eigenvalue weighted by Crippen LogP contribution is -2.46. The van der Waals surface area contributed by atoms with Crippen molar-refractivity contribution < 1.29 is 19.1 Å². The molecule has 0 radical (unpaired) electrons. The minimum Gasteiger partial charge on any atom is -0.449 e. The van der Waals surface area contributed by atoms with Crippen LogP contribution in [0.4, 0.5) is 9.59 Å². The zero-order chi connectivity index (χ0) is 15.5. The van der Waals surface area contributed by atoms with Crippen LogP contribution in [-0.2, 0) is 9.47 Å². The Bertz CT molecular complexity index is 291. The number of unbranched alkanes of at least 4 members (excludes halogenated alkanes) is 2. The zero-order valence-electron chi connectivity index (χ0n) is 13.4. The Morgan fingerprint density at radius 1 is 0.905 bits per heavy atom. The fourth-order valence-electron chi connectivity index (χ4n) is 2.46. The Hall–Kier alpha value is -1.26. The number of ether oxygens (including phenoxy) is 2. The highest BCUT2D eigenvalue weighted by atomic mass is 16.6. The first kappa shape index (κ1) is 17.8. The van der Waals surface area contributed by atoms with Gasteiger partial charge in [-0.3, -0.25) is 0 Å². The molecule has 1 aliphatic carbocycles. The highest BCUT2D eigenvalue weighted by Crippen LogP contribution is 2.24. The maximum Gasteiger partial charge on any atom is 0.419 e. The number of hydrogen-bond donors (Lipinski definition) is 0. The third kappa shape index (κ3) is 6.36. The Balaban J connectivity index is 2.59. The van der Waals surface area contributed by atoms with E-state index in [4.69, 9.17) is 9.47 Å². The Kier molecular flexibility index (Phi) is 8.87. The van der Waals surface area contributed by atoms with Gasteiger partial charge in [0.05, 0.1) is 13.2 Å². The summed E-state index contributed by atoms with van der Waals surface area (Å²) in [6, 6.07) is -0.0676. The number of nitrogens with zero attached hydrogens (tertiary/aromatic N) is 1. The van der Waals surface area contributed by atoms with E-state index in [1.54, 1.807) is 0 Å². The van der Waals surface area contributed by atoms with E-state index in [0.717, 1.165) is 51.4 Å². The van der Waals surface area contributed by atoms with Crippen molar-refractivity contribution in [1.29, 1.82) is 0 Å².